The fraction of sp³-hybridized carbons (Fsp3) is 0.120. The molecule has 0 fully saturated rings. The minimum absolute atomic E-state index is 0. The van der Waals surface area contributed by atoms with Gasteiger partial charge in [0.2, 0.25) is 0 Å². The van der Waals surface area contributed by atoms with E-state index in [2.05, 4.69) is 26.0 Å². The normalized spacial score (nSPS) is 13.1. The van der Waals surface area contributed by atoms with Crippen LogP contribution in [0.3, 0.4) is 0 Å². The van der Waals surface area contributed by atoms with Gasteiger partial charge in [0.15, 0.2) is 0 Å². The summed E-state index contributed by atoms with van der Waals surface area (Å²) in [5.41, 5.74) is 2.00. The van der Waals surface area contributed by atoms with Crippen LogP contribution in [0.15, 0.2) is 97.1 Å². The number of phosphoric acid groups is 1. The summed E-state index contributed by atoms with van der Waals surface area (Å²) in [5, 5.41) is 1.60. The first-order valence-electron chi connectivity index (χ1n) is 9.69. The van der Waals surface area contributed by atoms with Crippen LogP contribution >= 0.6 is 7.82 Å². The van der Waals surface area contributed by atoms with Crippen LogP contribution in [0.5, 0.6) is 11.5 Å². The van der Waals surface area contributed by atoms with Crippen molar-refractivity contribution in [1.29, 1.82) is 0 Å². The predicted molar refractivity (Wildman–Crippen MR) is 118 cm³/mol. The van der Waals surface area contributed by atoms with Gasteiger partial charge in [0.25, 0.3) is 0 Å². The molecule has 0 aromatic heterocycles. The van der Waals surface area contributed by atoms with E-state index in [4.69, 9.17) is 9.05 Å². The second-order valence-corrected chi connectivity index (χ2v) is 8.88. The van der Waals surface area contributed by atoms with Gasteiger partial charge in [-0.05, 0) is 34.7 Å². The largest absolute Gasteiger partial charge is 1.00 e. The molecule has 1 unspecified atom stereocenters. The van der Waals surface area contributed by atoms with Crippen molar-refractivity contribution in [2.75, 3.05) is 0 Å². The Morgan fingerprint density at radius 3 is 2.00 bits per heavy atom. The summed E-state index contributed by atoms with van der Waals surface area (Å²) in [6.45, 7) is 4.25. The van der Waals surface area contributed by atoms with Crippen molar-refractivity contribution in [3.05, 3.63) is 108 Å². The zero-order valence-corrected chi connectivity index (χ0v) is 20.7. The van der Waals surface area contributed by atoms with E-state index in [1.54, 1.807) is 24.3 Å². The van der Waals surface area contributed by atoms with Gasteiger partial charge in [0.1, 0.15) is 11.5 Å². The Kier molecular flexibility index (Phi) is 7.31. The fourth-order valence-corrected chi connectivity index (χ4v) is 4.31. The molecule has 0 radical (unpaired) electrons. The molecular formula is C25H22NaO4P. The van der Waals surface area contributed by atoms with Crippen LogP contribution in [-0.2, 0) is 9.98 Å². The average Bonchev–Trinajstić information content (AvgIpc) is 2.74. The summed E-state index contributed by atoms with van der Waals surface area (Å²) in [5.74, 6) is 0.453. The van der Waals surface area contributed by atoms with E-state index < -0.39 is 7.82 Å². The first-order valence-corrected chi connectivity index (χ1v) is 11.2. The summed E-state index contributed by atoms with van der Waals surface area (Å²) in [7, 11) is -4.60. The maximum Gasteiger partial charge on any atom is 1.00 e. The number of phosphoric ester groups is 1. The van der Waals surface area contributed by atoms with Gasteiger partial charge in [-0.25, -0.2) is 4.57 Å². The molecule has 4 rings (SSSR count). The molecule has 4 aromatic rings. The summed E-state index contributed by atoms with van der Waals surface area (Å²) >= 11 is 0. The molecule has 0 bridgehead atoms. The zero-order valence-electron chi connectivity index (χ0n) is 17.8. The third kappa shape index (κ3) is 5.41. The van der Waals surface area contributed by atoms with Gasteiger partial charge in [0, 0.05) is 10.8 Å². The van der Waals surface area contributed by atoms with E-state index in [0.29, 0.717) is 5.39 Å². The number of benzene rings is 4. The van der Waals surface area contributed by atoms with Gasteiger partial charge in [-0.2, -0.15) is 0 Å². The Balaban J connectivity index is 0.00000272. The standard InChI is InChI=1S/C25H23O4P.Na/c1-25(2,20-11-4-3-5-12-20)21-15-17-22(18-16-21)28-30(26,27)29-24-14-8-10-19-9-6-7-13-23(19)24;/h3-18H,1-2H3,(H,26,27);/q;+1/p-1. The predicted octanol–water partition coefficient (Wildman–Crippen LogP) is 3.10. The van der Waals surface area contributed by atoms with E-state index >= 15 is 0 Å². The van der Waals surface area contributed by atoms with E-state index in [9.17, 15) is 9.46 Å². The zero-order chi connectivity index (χ0) is 21.2. The topological polar surface area (TPSA) is 58.6 Å². The molecule has 4 nitrogen and oxygen atoms in total. The van der Waals surface area contributed by atoms with Crippen LogP contribution in [0.25, 0.3) is 10.8 Å². The summed E-state index contributed by atoms with van der Waals surface area (Å²) in [6.07, 6.45) is 0. The summed E-state index contributed by atoms with van der Waals surface area (Å²) in [4.78, 5) is 12.5. The van der Waals surface area contributed by atoms with Crippen LogP contribution in [-0.4, -0.2) is 0 Å². The van der Waals surface area contributed by atoms with Crippen molar-refractivity contribution in [2.45, 2.75) is 19.3 Å². The van der Waals surface area contributed by atoms with Gasteiger partial charge < -0.3 is 13.9 Å². The van der Waals surface area contributed by atoms with Crippen molar-refractivity contribution in [1.82, 2.24) is 0 Å². The number of rotatable bonds is 6. The SMILES string of the molecule is CC(C)(c1ccccc1)c1ccc(OP(=O)([O-])Oc2cccc3ccccc23)cc1.[Na+]. The van der Waals surface area contributed by atoms with Crippen molar-refractivity contribution in [3.8, 4) is 11.5 Å². The first-order chi connectivity index (χ1) is 14.4. The maximum atomic E-state index is 12.5. The third-order valence-electron chi connectivity index (χ3n) is 5.25. The summed E-state index contributed by atoms with van der Waals surface area (Å²) < 4.78 is 23.0. The van der Waals surface area contributed by atoms with Crippen LogP contribution in [0.1, 0.15) is 25.0 Å². The Morgan fingerprint density at radius 1 is 0.710 bits per heavy atom. The Labute approximate surface area is 204 Å². The van der Waals surface area contributed by atoms with E-state index in [0.717, 1.165) is 10.9 Å². The van der Waals surface area contributed by atoms with Crippen molar-refractivity contribution >= 4 is 18.6 Å². The van der Waals surface area contributed by atoms with Gasteiger partial charge in [0.05, 0.1) is 0 Å². The number of hydrogen-bond acceptors (Lipinski definition) is 4. The molecule has 152 valence electrons. The molecular weight excluding hydrogens is 418 g/mol. The number of hydrogen-bond donors (Lipinski definition) is 0. The molecule has 0 spiro atoms. The van der Waals surface area contributed by atoms with E-state index in [-0.39, 0.29) is 46.5 Å². The molecule has 0 heterocycles. The molecule has 0 saturated heterocycles. The van der Waals surface area contributed by atoms with Crippen molar-refractivity contribution in [2.24, 2.45) is 0 Å². The molecule has 1 atom stereocenters. The van der Waals surface area contributed by atoms with Gasteiger partial charge in [-0.15, -0.1) is 0 Å². The molecule has 31 heavy (non-hydrogen) atoms. The average molecular weight is 440 g/mol. The second kappa shape index (κ2) is 9.60. The molecule has 0 saturated carbocycles. The smallest absolute Gasteiger partial charge is 0.736 e. The van der Waals surface area contributed by atoms with Gasteiger partial charge in [-0.3, -0.25) is 0 Å². The molecule has 0 aliphatic rings. The van der Waals surface area contributed by atoms with Crippen molar-refractivity contribution in [3.63, 3.8) is 0 Å². The van der Waals surface area contributed by atoms with E-state index in [1.807, 2.05) is 60.7 Å². The van der Waals surface area contributed by atoms with Crippen LogP contribution in [0, 0.1) is 0 Å². The summed E-state index contributed by atoms with van der Waals surface area (Å²) in [6, 6.07) is 29.9. The van der Waals surface area contributed by atoms with Crippen LogP contribution < -0.4 is 43.5 Å². The second-order valence-electron chi connectivity index (χ2n) is 7.62. The minimum atomic E-state index is -4.60. The number of fused-ring (bicyclic) bond motifs is 1. The minimum Gasteiger partial charge on any atom is -0.736 e. The monoisotopic (exact) mass is 440 g/mol. The van der Waals surface area contributed by atoms with Crippen molar-refractivity contribution < 1.29 is 48.1 Å². The van der Waals surface area contributed by atoms with Gasteiger partial charge >= 0.3 is 37.4 Å². The molecule has 0 N–H and O–H groups in total. The van der Waals surface area contributed by atoms with Crippen LogP contribution in [0.4, 0.5) is 0 Å². The van der Waals surface area contributed by atoms with Crippen LogP contribution in [0.2, 0.25) is 0 Å². The third-order valence-corrected chi connectivity index (χ3v) is 6.10. The van der Waals surface area contributed by atoms with Gasteiger partial charge in [-0.1, -0.05) is 92.7 Å². The molecule has 0 amide bonds. The molecule has 6 heteroatoms. The first kappa shape index (κ1) is 23.6. The molecule has 0 aliphatic carbocycles. The molecule has 0 aliphatic heterocycles. The quantitative estimate of drug-likeness (QED) is 0.342. The maximum absolute atomic E-state index is 12.5. The fourth-order valence-electron chi connectivity index (χ4n) is 3.50. The van der Waals surface area contributed by atoms with E-state index in [1.165, 1.54) is 5.56 Å². The Bertz CT molecular complexity index is 1200. The Morgan fingerprint density at radius 2 is 1.29 bits per heavy atom. The Hall–Kier alpha value is -2.07. The molecule has 4 aromatic carbocycles.